The van der Waals surface area contributed by atoms with Crippen LogP contribution in [0.25, 0.3) is 11.0 Å². The quantitative estimate of drug-likeness (QED) is 0.429. The number of thioether (sulfide) groups is 1. The van der Waals surface area contributed by atoms with Gasteiger partial charge in [0.1, 0.15) is 21.8 Å². The lowest BCUT2D eigenvalue weighted by atomic mass is 10.1. The number of carbonyl (C=O) groups excluding carboxylic acids is 3. The third-order valence-corrected chi connectivity index (χ3v) is 7.55. The van der Waals surface area contributed by atoms with Crippen molar-refractivity contribution in [3.8, 4) is 0 Å². The molecule has 0 radical (unpaired) electrons. The van der Waals surface area contributed by atoms with Crippen LogP contribution in [0.1, 0.15) is 45.5 Å². The molecule has 0 saturated heterocycles. The number of fused-ring (bicyclic) bond motifs is 1. The number of hydrogen-bond acceptors (Lipinski definition) is 7. The molecule has 7 nitrogen and oxygen atoms in total. The minimum absolute atomic E-state index is 0.0190. The molecule has 0 aliphatic carbocycles. The maximum absolute atomic E-state index is 14.9. The van der Waals surface area contributed by atoms with Crippen molar-refractivity contribution in [1.29, 1.82) is 0 Å². The van der Waals surface area contributed by atoms with Gasteiger partial charge in [-0.1, -0.05) is 47.1 Å². The summed E-state index contributed by atoms with van der Waals surface area (Å²) in [5, 5.41) is -1.61. The standard InChI is InChI=1S/C26H20Cl2F2N2O5S/c1-3-36-25(34)21-19(31)13(11-12-14(27)7-5-9-16(12)29)20-23(26(35)37-4-2)38-22(24(33)32(20)21)18-15(28)8-6-10-17(18)30/h5-11,22H,3-4,31H2,1-2H3/b13-11+. The van der Waals surface area contributed by atoms with Crippen LogP contribution >= 0.6 is 35.0 Å². The summed E-state index contributed by atoms with van der Waals surface area (Å²) < 4.78 is 40.9. The molecule has 0 amide bonds. The number of hydrogen-bond donors (Lipinski definition) is 1. The molecule has 4 rings (SSSR count). The smallest absolute Gasteiger partial charge is 0.357 e. The molecule has 12 heteroatoms. The maximum atomic E-state index is 14.9. The highest BCUT2D eigenvalue weighted by molar-refractivity contribution is 8.10. The lowest BCUT2D eigenvalue weighted by Crippen LogP contribution is -2.43. The van der Waals surface area contributed by atoms with E-state index in [-0.39, 0.29) is 55.5 Å². The molecule has 198 valence electrons. The summed E-state index contributed by atoms with van der Waals surface area (Å²) in [6.07, 6.45) is 1.23. The van der Waals surface area contributed by atoms with Gasteiger partial charge in [0.25, 0.3) is 0 Å². The summed E-state index contributed by atoms with van der Waals surface area (Å²) in [7, 11) is 0. The molecule has 1 aliphatic heterocycles. The fourth-order valence-electron chi connectivity index (χ4n) is 4.02. The van der Waals surface area contributed by atoms with E-state index < -0.39 is 40.4 Å². The highest BCUT2D eigenvalue weighted by atomic mass is 35.5. The minimum Gasteiger partial charge on any atom is -0.462 e. The van der Waals surface area contributed by atoms with E-state index in [1.54, 1.807) is 13.8 Å². The Hall–Kier alpha value is -3.34. The molecule has 0 saturated carbocycles. The number of esters is 2. The molecule has 3 aromatic rings. The summed E-state index contributed by atoms with van der Waals surface area (Å²) in [6.45, 7) is 3.04. The third kappa shape index (κ3) is 4.79. The van der Waals surface area contributed by atoms with Crippen LogP contribution in [0.4, 0.5) is 14.5 Å². The van der Waals surface area contributed by atoms with Gasteiger partial charge in [0.05, 0.1) is 29.3 Å². The summed E-state index contributed by atoms with van der Waals surface area (Å²) >= 11 is 13.2. The predicted octanol–water partition coefficient (Wildman–Crippen LogP) is 4.46. The molecule has 1 aliphatic rings. The van der Waals surface area contributed by atoms with Crippen LogP contribution < -0.4 is 16.3 Å². The van der Waals surface area contributed by atoms with Gasteiger partial charge in [-0.2, -0.15) is 0 Å². The zero-order valence-electron chi connectivity index (χ0n) is 20.0. The molecule has 0 bridgehead atoms. The Morgan fingerprint density at radius 2 is 1.63 bits per heavy atom. The van der Waals surface area contributed by atoms with Crippen molar-refractivity contribution in [3.05, 3.63) is 85.5 Å². The van der Waals surface area contributed by atoms with Crippen molar-refractivity contribution in [1.82, 2.24) is 4.57 Å². The number of nitrogens with zero attached hydrogens (tertiary/aromatic N) is 1. The number of rotatable bonds is 6. The summed E-state index contributed by atoms with van der Waals surface area (Å²) in [6, 6.07) is 7.87. The SMILES string of the molecule is CCOC(=O)C1=c2/c(=C/c3c(F)cccc3Cl)c(N)c(C(=O)OCC)n2C(=O)C(c2c(F)cccc2Cl)S1. The first kappa shape index (κ1) is 27.7. The highest BCUT2D eigenvalue weighted by Crippen LogP contribution is 2.43. The van der Waals surface area contributed by atoms with Gasteiger partial charge >= 0.3 is 11.9 Å². The zero-order chi connectivity index (χ0) is 27.7. The molecule has 0 spiro atoms. The number of nitrogen functional groups attached to an aromatic ring is 1. The number of aromatic nitrogens is 1. The lowest BCUT2D eigenvalue weighted by molar-refractivity contribution is -0.135. The van der Waals surface area contributed by atoms with Gasteiger partial charge in [0.15, 0.2) is 5.69 Å². The number of carbonyl (C=O) groups is 3. The molecule has 1 aromatic heterocycles. The monoisotopic (exact) mass is 580 g/mol. The van der Waals surface area contributed by atoms with Gasteiger partial charge in [-0.3, -0.25) is 9.36 Å². The Balaban J connectivity index is 2.17. The Kier molecular flexibility index (Phi) is 8.15. The molecule has 1 unspecified atom stereocenters. The topological polar surface area (TPSA) is 101 Å². The Morgan fingerprint density at radius 3 is 2.24 bits per heavy atom. The second-order valence-corrected chi connectivity index (χ2v) is 9.81. The Labute approximate surface area is 229 Å². The van der Waals surface area contributed by atoms with E-state index in [2.05, 4.69) is 0 Å². The van der Waals surface area contributed by atoms with Crippen LogP contribution in [-0.4, -0.2) is 35.6 Å². The number of anilines is 1. The van der Waals surface area contributed by atoms with Crippen LogP contribution in [0.5, 0.6) is 0 Å². The lowest BCUT2D eigenvalue weighted by Gasteiger charge is -2.24. The molecular formula is C26H20Cl2F2N2O5S. The second kappa shape index (κ2) is 11.2. The van der Waals surface area contributed by atoms with E-state index in [0.717, 1.165) is 16.7 Å². The number of benzene rings is 2. The van der Waals surface area contributed by atoms with Gasteiger partial charge < -0.3 is 15.2 Å². The average molecular weight is 581 g/mol. The van der Waals surface area contributed by atoms with Gasteiger partial charge in [-0.05, 0) is 44.2 Å². The van der Waals surface area contributed by atoms with Crippen LogP contribution in [0.3, 0.4) is 0 Å². The first-order valence-electron chi connectivity index (χ1n) is 11.3. The zero-order valence-corrected chi connectivity index (χ0v) is 22.3. The van der Waals surface area contributed by atoms with Crippen LogP contribution in [-0.2, 0) is 14.3 Å². The molecule has 38 heavy (non-hydrogen) atoms. The fraction of sp³-hybridized carbons (Fsp3) is 0.192. The van der Waals surface area contributed by atoms with Gasteiger partial charge in [0.2, 0.25) is 5.91 Å². The number of ether oxygens (including phenoxy) is 2. The first-order chi connectivity index (χ1) is 18.1. The predicted molar refractivity (Wildman–Crippen MR) is 141 cm³/mol. The van der Waals surface area contributed by atoms with Crippen molar-refractivity contribution in [2.75, 3.05) is 18.9 Å². The van der Waals surface area contributed by atoms with Crippen molar-refractivity contribution in [2.24, 2.45) is 0 Å². The summed E-state index contributed by atoms with van der Waals surface area (Å²) in [5.41, 5.74) is 5.39. The normalized spacial score (nSPS) is 15.4. The summed E-state index contributed by atoms with van der Waals surface area (Å²) in [5.74, 6) is -4.17. The Morgan fingerprint density at radius 1 is 1.03 bits per heavy atom. The van der Waals surface area contributed by atoms with E-state index in [0.29, 0.717) is 11.8 Å². The minimum atomic E-state index is -1.39. The molecule has 1 atom stereocenters. The molecule has 2 aromatic carbocycles. The average Bonchev–Trinajstić information content (AvgIpc) is 3.15. The van der Waals surface area contributed by atoms with Crippen molar-refractivity contribution < 1.29 is 32.6 Å². The van der Waals surface area contributed by atoms with Crippen molar-refractivity contribution in [2.45, 2.75) is 19.1 Å². The van der Waals surface area contributed by atoms with Gasteiger partial charge in [0, 0.05) is 21.4 Å². The first-order valence-corrected chi connectivity index (χ1v) is 12.9. The highest BCUT2D eigenvalue weighted by Gasteiger charge is 2.40. The summed E-state index contributed by atoms with van der Waals surface area (Å²) in [4.78, 5) is 39.9. The maximum Gasteiger partial charge on any atom is 0.357 e. The van der Waals surface area contributed by atoms with Gasteiger partial charge in [-0.25, -0.2) is 18.4 Å². The fourth-order valence-corrected chi connectivity index (χ4v) is 5.84. The van der Waals surface area contributed by atoms with E-state index in [4.69, 9.17) is 38.4 Å². The van der Waals surface area contributed by atoms with E-state index >= 15 is 0 Å². The van der Waals surface area contributed by atoms with Crippen LogP contribution in [0.15, 0.2) is 36.4 Å². The largest absolute Gasteiger partial charge is 0.462 e. The van der Waals surface area contributed by atoms with Crippen LogP contribution in [0.2, 0.25) is 10.0 Å². The van der Waals surface area contributed by atoms with Gasteiger partial charge in [-0.15, -0.1) is 0 Å². The molecule has 2 N–H and O–H groups in total. The third-order valence-electron chi connectivity index (χ3n) is 5.62. The molecular weight excluding hydrogens is 561 g/mol. The molecule has 0 fully saturated rings. The van der Waals surface area contributed by atoms with E-state index in [9.17, 15) is 23.2 Å². The van der Waals surface area contributed by atoms with Crippen LogP contribution in [0, 0.1) is 11.6 Å². The van der Waals surface area contributed by atoms with E-state index in [1.807, 2.05) is 0 Å². The number of halogens is 4. The van der Waals surface area contributed by atoms with Crippen molar-refractivity contribution in [3.63, 3.8) is 0 Å². The Bertz CT molecular complexity index is 1570. The second-order valence-electron chi connectivity index (χ2n) is 7.88. The van der Waals surface area contributed by atoms with Crippen molar-refractivity contribution >= 4 is 69.5 Å². The molecule has 2 heterocycles. The van der Waals surface area contributed by atoms with E-state index in [1.165, 1.54) is 30.3 Å². The number of nitrogens with two attached hydrogens (primary N) is 1.